The van der Waals surface area contributed by atoms with Gasteiger partial charge in [0.2, 0.25) is 12.7 Å². The number of anilines is 2. The van der Waals surface area contributed by atoms with Gasteiger partial charge in [-0.3, -0.25) is 24.1 Å². The fourth-order valence-electron chi connectivity index (χ4n) is 5.18. The molecule has 3 amide bonds. The number of Topliss-reactive ketones (excluding diaryl/α,β-unsaturated/α-hetero) is 1. The maximum Gasteiger partial charge on any atom is 0.299 e. The maximum absolute atomic E-state index is 14.5. The Balaban J connectivity index is 1.39. The van der Waals surface area contributed by atoms with Gasteiger partial charge in [0, 0.05) is 18.3 Å². The van der Waals surface area contributed by atoms with E-state index in [2.05, 4.69) is 5.32 Å². The van der Waals surface area contributed by atoms with E-state index in [9.17, 15) is 23.6 Å². The Bertz CT molecular complexity index is 1760. The van der Waals surface area contributed by atoms with E-state index in [4.69, 9.17) is 9.47 Å². The first-order valence-electron chi connectivity index (χ1n) is 13.5. The van der Waals surface area contributed by atoms with Crippen molar-refractivity contribution in [1.82, 2.24) is 4.90 Å². The van der Waals surface area contributed by atoms with Gasteiger partial charge in [-0.1, -0.05) is 54.1 Å². The molecule has 216 valence electrons. The molecule has 10 heteroatoms. The van der Waals surface area contributed by atoms with Crippen molar-refractivity contribution in [1.29, 1.82) is 0 Å². The number of nitrogens with one attached hydrogen (secondary N) is 1. The third-order valence-electron chi connectivity index (χ3n) is 7.33. The highest BCUT2D eigenvalue weighted by atomic mass is 19.1. The SMILES string of the molecule is Cc1ccc(CN(C(=O)CN2C(=O)C(=O)c3ccccc32)C(C(=O)Nc2ccc3c(c2)OCO3)c2cccc(F)c2)cc1. The number of carbonyl (C=O) groups excluding carboxylic acids is 4. The first-order chi connectivity index (χ1) is 20.8. The number of ether oxygens (including phenoxy) is 2. The minimum Gasteiger partial charge on any atom is -0.454 e. The first kappa shape index (κ1) is 27.6. The Morgan fingerprint density at radius 2 is 1.70 bits per heavy atom. The predicted molar refractivity (Wildman–Crippen MR) is 155 cm³/mol. The summed E-state index contributed by atoms with van der Waals surface area (Å²) in [5.41, 5.74) is 2.83. The molecule has 4 aromatic rings. The van der Waals surface area contributed by atoms with Crippen LogP contribution < -0.4 is 19.7 Å². The number of hydrogen-bond acceptors (Lipinski definition) is 6. The molecule has 1 atom stereocenters. The molecule has 1 unspecified atom stereocenters. The molecule has 0 fully saturated rings. The Morgan fingerprint density at radius 1 is 0.930 bits per heavy atom. The number of carbonyl (C=O) groups is 4. The molecule has 0 aromatic heterocycles. The summed E-state index contributed by atoms with van der Waals surface area (Å²) in [6, 6.07) is 22.9. The first-order valence-corrected chi connectivity index (χ1v) is 13.5. The van der Waals surface area contributed by atoms with Crippen LogP contribution in [0.1, 0.15) is 33.1 Å². The second-order valence-electron chi connectivity index (χ2n) is 10.3. The monoisotopic (exact) mass is 579 g/mol. The zero-order valence-corrected chi connectivity index (χ0v) is 23.1. The van der Waals surface area contributed by atoms with E-state index in [1.807, 2.05) is 31.2 Å². The fraction of sp³-hybridized carbons (Fsp3) is 0.152. The van der Waals surface area contributed by atoms with Crippen LogP contribution >= 0.6 is 0 Å². The van der Waals surface area contributed by atoms with Gasteiger partial charge in [-0.25, -0.2) is 4.39 Å². The summed E-state index contributed by atoms with van der Waals surface area (Å²) >= 11 is 0. The number of aryl methyl sites for hydroxylation is 1. The van der Waals surface area contributed by atoms with Gasteiger partial charge in [-0.15, -0.1) is 0 Å². The summed E-state index contributed by atoms with van der Waals surface area (Å²) in [5.74, 6) is -2.39. The molecular formula is C33H26FN3O6. The van der Waals surface area contributed by atoms with Crippen molar-refractivity contribution < 1.29 is 33.0 Å². The highest BCUT2D eigenvalue weighted by Gasteiger charge is 2.39. The number of halogens is 1. The highest BCUT2D eigenvalue weighted by Crippen LogP contribution is 2.35. The van der Waals surface area contributed by atoms with Crippen molar-refractivity contribution in [2.75, 3.05) is 23.6 Å². The Morgan fingerprint density at radius 3 is 2.49 bits per heavy atom. The third kappa shape index (κ3) is 5.54. The average molecular weight is 580 g/mol. The van der Waals surface area contributed by atoms with Crippen LogP contribution in [0.4, 0.5) is 15.8 Å². The number of amides is 3. The van der Waals surface area contributed by atoms with Crippen LogP contribution in [0, 0.1) is 12.7 Å². The zero-order chi connectivity index (χ0) is 30.1. The highest BCUT2D eigenvalue weighted by molar-refractivity contribution is 6.52. The van der Waals surface area contributed by atoms with Gasteiger partial charge in [0.25, 0.3) is 17.6 Å². The molecule has 0 saturated heterocycles. The summed E-state index contributed by atoms with van der Waals surface area (Å²) in [4.78, 5) is 56.1. The van der Waals surface area contributed by atoms with Gasteiger partial charge in [-0.05, 0) is 54.4 Å². The second kappa shape index (κ2) is 11.4. The van der Waals surface area contributed by atoms with Gasteiger partial charge in [0.05, 0.1) is 11.3 Å². The van der Waals surface area contributed by atoms with E-state index < -0.39 is 41.9 Å². The molecule has 2 aliphatic heterocycles. The average Bonchev–Trinajstić information content (AvgIpc) is 3.56. The number of fused-ring (bicyclic) bond motifs is 2. The molecular weight excluding hydrogens is 553 g/mol. The molecule has 0 radical (unpaired) electrons. The smallest absolute Gasteiger partial charge is 0.299 e. The van der Waals surface area contributed by atoms with Gasteiger partial charge in [-0.2, -0.15) is 0 Å². The number of benzene rings is 4. The van der Waals surface area contributed by atoms with E-state index in [0.717, 1.165) is 10.5 Å². The topological polar surface area (TPSA) is 105 Å². The third-order valence-corrected chi connectivity index (χ3v) is 7.33. The van der Waals surface area contributed by atoms with Crippen molar-refractivity contribution in [3.8, 4) is 11.5 Å². The maximum atomic E-state index is 14.5. The molecule has 1 N–H and O–H groups in total. The lowest BCUT2D eigenvalue weighted by Crippen LogP contribution is -2.46. The zero-order valence-electron chi connectivity index (χ0n) is 23.1. The molecule has 2 aliphatic rings. The largest absolute Gasteiger partial charge is 0.454 e. The van der Waals surface area contributed by atoms with Crippen LogP contribution in [0.3, 0.4) is 0 Å². The number of hydrogen-bond donors (Lipinski definition) is 1. The molecule has 4 aromatic carbocycles. The van der Waals surface area contributed by atoms with E-state index in [-0.39, 0.29) is 24.5 Å². The lowest BCUT2D eigenvalue weighted by molar-refractivity contribution is -0.139. The Hall–Kier alpha value is -5.51. The Kier molecular flexibility index (Phi) is 7.33. The molecule has 43 heavy (non-hydrogen) atoms. The van der Waals surface area contributed by atoms with Crippen LogP contribution in [0.15, 0.2) is 91.0 Å². The predicted octanol–water partition coefficient (Wildman–Crippen LogP) is 4.80. The molecule has 6 rings (SSSR count). The Labute approximate surface area is 246 Å². The number of nitrogens with zero attached hydrogens (tertiary/aromatic N) is 2. The molecule has 0 bridgehead atoms. The van der Waals surface area contributed by atoms with Crippen LogP contribution in [0.25, 0.3) is 0 Å². The van der Waals surface area contributed by atoms with E-state index >= 15 is 0 Å². The van der Waals surface area contributed by atoms with Gasteiger partial charge in [0.1, 0.15) is 18.4 Å². The lowest BCUT2D eigenvalue weighted by atomic mass is 10.0. The van der Waals surface area contributed by atoms with Gasteiger partial charge >= 0.3 is 0 Å². The van der Waals surface area contributed by atoms with Gasteiger partial charge < -0.3 is 19.7 Å². The van der Waals surface area contributed by atoms with Crippen LogP contribution in [0.5, 0.6) is 11.5 Å². The minimum atomic E-state index is -1.31. The molecule has 0 saturated carbocycles. The van der Waals surface area contributed by atoms with E-state index in [1.54, 1.807) is 42.5 Å². The molecule has 0 spiro atoms. The van der Waals surface area contributed by atoms with E-state index in [1.165, 1.54) is 29.2 Å². The molecule has 9 nitrogen and oxygen atoms in total. The van der Waals surface area contributed by atoms with Gasteiger partial charge in [0.15, 0.2) is 11.5 Å². The van der Waals surface area contributed by atoms with Crippen molar-refractivity contribution in [2.45, 2.75) is 19.5 Å². The van der Waals surface area contributed by atoms with Crippen molar-refractivity contribution in [3.05, 3.63) is 119 Å². The van der Waals surface area contributed by atoms with Crippen molar-refractivity contribution in [3.63, 3.8) is 0 Å². The normalized spacial score (nSPS) is 14.0. The van der Waals surface area contributed by atoms with Crippen LogP contribution in [0.2, 0.25) is 0 Å². The summed E-state index contributed by atoms with van der Waals surface area (Å²) in [6.07, 6.45) is 0. The second-order valence-corrected chi connectivity index (χ2v) is 10.3. The van der Waals surface area contributed by atoms with Crippen LogP contribution in [-0.4, -0.2) is 41.7 Å². The quantitative estimate of drug-likeness (QED) is 0.301. The van der Waals surface area contributed by atoms with Crippen molar-refractivity contribution in [2.24, 2.45) is 0 Å². The molecule has 2 heterocycles. The summed E-state index contributed by atoms with van der Waals surface area (Å²) in [5, 5.41) is 2.82. The van der Waals surface area contributed by atoms with Crippen LogP contribution in [-0.2, 0) is 20.9 Å². The lowest BCUT2D eigenvalue weighted by Gasteiger charge is -2.33. The summed E-state index contributed by atoms with van der Waals surface area (Å²) in [7, 11) is 0. The molecule has 0 aliphatic carbocycles. The standard InChI is InChI=1S/C33H26FN3O6/c1-20-9-11-21(12-10-20)17-37(29(38)18-36-26-8-3-2-7-25(26)31(39)33(36)41)30(22-5-4-6-23(34)15-22)32(40)35-24-13-14-27-28(16-24)43-19-42-27/h2-16,30H,17-19H2,1H3,(H,35,40). The summed E-state index contributed by atoms with van der Waals surface area (Å²) in [6.45, 7) is 1.44. The number of ketones is 1. The fourth-order valence-corrected chi connectivity index (χ4v) is 5.18. The van der Waals surface area contributed by atoms with E-state index in [0.29, 0.717) is 28.4 Å². The number of para-hydroxylation sites is 1. The number of rotatable bonds is 8. The van der Waals surface area contributed by atoms with Crippen molar-refractivity contribution >= 4 is 34.9 Å². The minimum absolute atomic E-state index is 0.0352. The summed E-state index contributed by atoms with van der Waals surface area (Å²) < 4.78 is 25.3.